The Hall–Kier alpha value is -0.160. The molecule has 2 rings (SSSR count). The van der Waals surface area contributed by atoms with E-state index < -0.39 is 0 Å². The summed E-state index contributed by atoms with van der Waals surface area (Å²) >= 11 is 0. The van der Waals surface area contributed by atoms with Gasteiger partial charge in [-0.1, -0.05) is 0 Å². The van der Waals surface area contributed by atoms with E-state index in [1.807, 2.05) is 0 Å². The van der Waals surface area contributed by atoms with E-state index in [-0.39, 0.29) is 0 Å². The lowest BCUT2D eigenvalue weighted by Gasteiger charge is -2.39. The molecule has 0 spiro atoms. The number of likely N-dealkylation sites (N-methyl/N-ethyl adjacent to an activating group) is 1. The van der Waals surface area contributed by atoms with Gasteiger partial charge in [-0.2, -0.15) is 0 Å². The Labute approximate surface area is 98.8 Å². The molecule has 0 amide bonds. The second kappa shape index (κ2) is 5.45. The van der Waals surface area contributed by atoms with Crippen LogP contribution in [0, 0.1) is 5.92 Å². The topological polar surface area (TPSA) is 30.0 Å². The number of likely N-dealkylation sites (tertiary alicyclic amines) is 1. The van der Waals surface area contributed by atoms with Gasteiger partial charge in [0.1, 0.15) is 0 Å². The molecule has 4 nitrogen and oxygen atoms in total. The van der Waals surface area contributed by atoms with Crippen LogP contribution < -0.4 is 0 Å². The fourth-order valence-electron chi connectivity index (χ4n) is 3.00. The van der Waals surface area contributed by atoms with Crippen LogP contribution in [0.3, 0.4) is 0 Å². The van der Waals surface area contributed by atoms with Crippen LogP contribution in [0.25, 0.3) is 0 Å². The third-order valence-electron chi connectivity index (χ3n) is 4.17. The molecule has 4 heteroatoms. The quantitative estimate of drug-likeness (QED) is 0.707. The molecular weight excluding hydrogens is 202 g/mol. The van der Waals surface area contributed by atoms with Crippen LogP contribution in [0.2, 0.25) is 0 Å². The summed E-state index contributed by atoms with van der Waals surface area (Å²) in [6.07, 6.45) is 1.24. The number of hydrogen-bond acceptors (Lipinski definition) is 4. The molecule has 0 radical (unpaired) electrons. The van der Waals surface area contributed by atoms with E-state index >= 15 is 0 Å². The standard InChI is InChI=1S/C12H25N3O/c1-13-5-7-15(8-6-13)12(10-16)11-3-4-14(2)9-11/h11-12,16H,3-10H2,1-2H3. The monoisotopic (exact) mass is 227 g/mol. The second-order valence-electron chi connectivity index (χ2n) is 5.40. The van der Waals surface area contributed by atoms with Gasteiger partial charge in [0.05, 0.1) is 6.61 Å². The lowest BCUT2D eigenvalue weighted by molar-refractivity contribution is 0.0460. The minimum Gasteiger partial charge on any atom is -0.395 e. The van der Waals surface area contributed by atoms with Crippen LogP contribution in [0.1, 0.15) is 6.42 Å². The summed E-state index contributed by atoms with van der Waals surface area (Å²) in [4.78, 5) is 7.24. The van der Waals surface area contributed by atoms with Gasteiger partial charge in [-0.25, -0.2) is 0 Å². The first-order valence-electron chi connectivity index (χ1n) is 6.42. The van der Waals surface area contributed by atoms with Crippen LogP contribution in [0.4, 0.5) is 0 Å². The number of aliphatic hydroxyl groups excluding tert-OH is 1. The van der Waals surface area contributed by atoms with Gasteiger partial charge >= 0.3 is 0 Å². The van der Waals surface area contributed by atoms with Crippen molar-refractivity contribution in [3.05, 3.63) is 0 Å². The largest absolute Gasteiger partial charge is 0.395 e. The van der Waals surface area contributed by atoms with Crippen LogP contribution in [0.15, 0.2) is 0 Å². The average Bonchev–Trinajstić information content (AvgIpc) is 2.69. The highest BCUT2D eigenvalue weighted by molar-refractivity contribution is 4.87. The zero-order chi connectivity index (χ0) is 11.5. The first-order valence-corrected chi connectivity index (χ1v) is 6.42. The van der Waals surface area contributed by atoms with Crippen molar-refractivity contribution in [2.45, 2.75) is 12.5 Å². The molecule has 0 saturated carbocycles. The van der Waals surface area contributed by atoms with Gasteiger partial charge in [-0.15, -0.1) is 0 Å². The smallest absolute Gasteiger partial charge is 0.0590 e. The molecule has 2 saturated heterocycles. The van der Waals surface area contributed by atoms with Crippen LogP contribution >= 0.6 is 0 Å². The molecule has 1 N–H and O–H groups in total. The predicted molar refractivity (Wildman–Crippen MR) is 65.5 cm³/mol. The molecule has 0 aromatic rings. The average molecular weight is 227 g/mol. The number of aliphatic hydroxyl groups is 1. The van der Waals surface area contributed by atoms with E-state index in [1.165, 1.54) is 13.0 Å². The maximum atomic E-state index is 9.62. The van der Waals surface area contributed by atoms with Crippen LogP contribution in [-0.2, 0) is 0 Å². The summed E-state index contributed by atoms with van der Waals surface area (Å²) in [7, 11) is 4.35. The van der Waals surface area contributed by atoms with Crippen molar-refractivity contribution in [1.29, 1.82) is 0 Å². The van der Waals surface area contributed by atoms with Gasteiger partial charge in [-0.05, 0) is 33.0 Å². The Kier molecular flexibility index (Phi) is 4.19. The molecule has 2 atom stereocenters. The summed E-state index contributed by atoms with van der Waals surface area (Å²) in [5.74, 6) is 0.665. The van der Waals surface area contributed by atoms with Gasteiger partial charge in [0.25, 0.3) is 0 Å². The number of piperazine rings is 1. The van der Waals surface area contributed by atoms with Crippen molar-refractivity contribution in [3.63, 3.8) is 0 Å². The third-order valence-corrected chi connectivity index (χ3v) is 4.17. The fraction of sp³-hybridized carbons (Fsp3) is 1.00. The van der Waals surface area contributed by atoms with Gasteiger partial charge in [0.2, 0.25) is 0 Å². The molecular formula is C12H25N3O. The van der Waals surface area contributed by atoms with Gasteiger partial charge in [-0.3, -0.25) is 4.90 Å². The molecule has 94 valence electrons. The highest BCUT2D eigenvalue weighted by atomic mass is 16.3. The van der Waals surface area contributed by atoms with Gasteiger partial charge in [0.15, 0.2) is 0 Å². The van der Waals surface area contributed by atoms with Crippen molar-refractivity contribution in [2.75, 3.05) is 60.0 Å². The minimum absolute atomic E-state index is 0.322. The summed E-state index contributed by atoms with van der Waals surface area (Å²) in [5.41, 5.74) is 0. The zero-order valence-electron chi connectivity index (χ0n) is 10.6. The zero-order valence-corrected chi connectivity index (χ0v) is 10.6. The maximum absolute atomic E-state index is 9.62. The first kappa shape index (κ1) is 12.3. The number of rotatable bonds is 3. The first-order chi connectivity index (χ1) is 7.70. The van der Waals surface area contributed by atoms with Gasteiger partial charge in [0, 0.05) is 38.8 Å². The Morgan fingerprint density at radius 3 is 2.25 bits per heavy atom. The fourth-order valence-corrected chi connectivity index (χ4v) is 3.00. The van der Waals surface area contributed by atoms with E-state index in [2.05, 4.69) is 28.8 Å². The van der Waals surface area contributed by atoms with Crippen LogP contribution in [-0.4, -0.2) is 85.8 Å². The highest BCUT2D eigenvalue weighted by Crippen LogP contribution is 2.22. The van der Waals surface area contributed by atoms with E-state index in [1.54, 1.807) is 0 Å². The normalized spacial score (nSPS) is 32.1. The van der Waals surface area contributed by atoms with E-state index in [4.69, 9.17) is 0 Å². The minimum atomic E-state index is 0.322. The SMILES string of the molecule is CN1CCN(C(CO)C2CCN(C)C2)CC1. The van der Waals surface area contributed by atoms with E-state index in [0.717, 1.165) is 32.7 Å². The Balaban J connectivity index is 1.89. The third kappa shape index (κ3) is 2.74. The molecule has 2 heterocycles. The van der Waals surface area contributed by atoms with Gasteiger partial charge < -0.3 is 14.9 Å². The summed E-state index contributed by atoms with van der Waals surface area (Å²) in [5, 5.41) is 9.62. The Morgan fingerprint density at radius 1 is 1.06 bits per heavy atom. The molecule has 0 aromatic carbocycles. The number of nitrogens with zero attached hydrogens (tertiary/aromatic N) is 3. The molecule has 2 fully saturated rings. The van der Waals surface area contributed by atoms with Crippen molar-refractivity contribution in [1.82, 2.24) is 14.7 Å². The maximum Gasteiger partial charge on any atom is 0.0590 e. The van der Waals surface area contributed by atoms with E-state index in [0.29, 0.717) is 18.6 Å². The van der Waals surface area contributed by atoms with Crippen molar-refractivity contribution < 1.29 is 5.11 Å². The molecule has 2 aliphatic heterocycles. The van der Waals surface area contributed by atoms with Crippen molar-refractivity contribution >= 4 is 0 Å². The second-order valence-corrected chi connectivity index (χ2v) is 5.40. The molecule has 0 aromatic heterocycles. The van der Waals surface area contributed by atoms with E-state index in [9.17, 15) is 5.11 Å². The molecule has 0 aliphatic carbocycles. The summed E-state index contributed by atoms with van der Waals surface area (Å²) < 4.78 is 0. The van der Waals surface area contributed by atoms with Crippen LogP contribution in [0.5, 0.6) is 0 Å². The molecule has 2 aliphatic rings. The summed E-state index contributed by atoms with van der Waals surface area (Å²) in [6.45, 7) is 7.16. The highest BCUT2D eigenvalue weighted by Gasteiger charge is 2.32. The molecule has 0 bridgehead atoms. The molecule has 2 unspecified atom stereocenters. The Morgan fingerprint density at radius 2 is 1.75 bits per heavy atom. The predicted octanol–water partition coefficient (Wildman–Crippen LogP) is -0.454. The Bertz CT molecular complexity index is 216. The molecule has 16 heavy (non-hydrogen) atoms. The lowest BCUT2D eigenvalue weighted by Crippen LogP contribution is -2.53. The van der Waals surface area contributed by atoms with Crippen molar-refractivity contribution in [2.24, 2.45) is 5.92 Å². The lowest BCUT2D eigenvalue weighted by atomic mass is 9.97. The van der Waals surface area contributed by atoms with Crippen molar-refractivity contribution in [3.8, 4) is 0 Å². The number of hydrogen-bond donors (Lipinski definition) is 1. The summed E-state index contributed by atoms with van der Waals surface area (Å²) in [6, 6.07) is 0.388.